The average molecular weight is 440 g/mol. The fourth-order valence-corrected chi connectivity index (χ4v) is 5.20. The van der Waals surface area contributed by atoms with E-state index in [0.717, 1.165) is 36.8 Å². The molecule has 150 valence electrons. The van der Waals surface area contributed by atoms with Crippen molar-refractivity contribution in [1.29, 1.82) is 0 Å². The minimum atomic E-state index is -0.361. The molecule has 28 heavy (non-hydrogen) atoms. The number of carbonyl (C=O) groups is 2. The molecule has 1 amide bonds. The van der Waals surface area contributed by atoms with Crippen LogP contribution in [0, 0.1) is 5.92 Å². The van der Waals surface area contributed by atoms with E-state index in [1.54, 1.807) is 25.1 Å². The maximum Gasteiger partial charge on any atom is 0.341 e. The van der Waals surface area contributed by atoms with Crippen LogP contribution in [0.2, 0.25) is 10.0 Å². The molecule has 1 atom stereocenters. The fraction of sp³-hybridized carbons (Fsp3) is 0.429. The fourth-order valence-electron chi connectivity index (χ4n) is 3.52. The minimum Gasteiger partial charge on any atom is -0.462 e. The van der Waals surface area contributed by atoms with E-state index < -0.39 is 0 Å². The number of anilines is 1. The Bertz CT molecular complexity index is 894. The molecule has 0 aliphatic heterocycles. The van der Waals surface area contributed by atoms with E-state index in [2.05, 4.69) is 12.2 Å². The smallest absolute Gasteiger partial charge is 0.341 e. The monoisotopic (exact) mass is 439 g/mol. The Morgan fingerprint density at radius 2 is 2.04 bits per heavy atom. The largest absolute Gasteiger partial charge is 0.462 e. The first-order valence-corrected chi connectivity index (χ1v) is 11.1. The Labute approximate surface area is 179 Å². The van der Waals surface area contributed by atoms with E-state index in [9.17, 15) is 9.59 Å². The van der Waals surface area contributed by atoms with E-state index in [-0.39, 0.29) is 18.3 Å². The molecule has 0 spiro atoms. The van der Waals surface area contributed by atoms with Crippen LogP contribution >= 0.6 is 34.5 Å². The van der Waals surface area contributed by atoms with Gasteiger partial charge in [-0.1, -0.05) is 42.6 Å². The van der Waals surface area contributed by atoms with E-state index in [1.807, 2.05) is 0 Å². The summed E-state index contributed by atoms with van der Waals surface area (Å²) in [6.45, 7) is 4.28. The van der Waals surface area contributed by atoms with E-state index in [1.165, 1.54) is 16.2 Å². The summed E-state index contributed by atoms with van der Waals surface area (Å²) in [5.74, 6) is 0.0651. The zero-order valence-corrected chi connectivity index (χ0v) is 18.3. The Hall–Kier alpha value is -1.56. The van der Waals surface area contributed by atoms with Gasteiger partial charge >= 0.3 is 5.97 Å². The summed E-state index contributed by atoms with van der Waals surface area (Å²) in [7, 11) is 0. The van der Waals surface area contributed by atoms with Crippen LogP contribution in [0.4, 0.5) is 5.00 Å². The number of carbonyl (C=O) groups excluding carboxylic acids is 2. The van der Waals surface area contributed by atoms with Crippen molar-refractivity contribution in [2.45, 2.75) is 46.0 Å². The lowest BCUT2D eigenvalue weighted by molar-refractivity contribution is -0.115. The third-order valence-corrected chi connectivity index (χ3v) is 6.93. The van der Waals surface area contributed by atoms with Crippen molar-refractivity contribution in [2.24, 2.45) is 5.92 Å². The molecule has 1 N–H and O–H groups in total. The molecule has 3 rings (SSSR count). The molecule has 0 fully saturated rings. The van der Waals surface area contributed by atoms with E-state index >= 15 is 0 Å². The Balaban J connectivity index is 1.83. The molecule has 0 saturated carbocycles. The van der Waals surface area contributed by atoms with Crippen molar-refractivity contribution in [3.05, 3.63) is 49.8 Å². The highest BCUT2D eigenvalue weighted by Gasteiger charge is 2.29. The number of hydrogen-bond acceptors (Lipinski definition) is 4. The van der Waals surface area contributed by atoms with Gasteiger partial charge < -0.3 is 10.1 Å². The first-order valence-electron chi connectivity index (χ1n) is 9.48. The predicted molar refractivity (Wildman–Crippen MR) is 115 cm³/mol. The Morgan fingerprint density at radius 1 is 1.25 bits per heavy atom. The number of rotatable bonds is 6. The van der Waals surface area contributed by atoms with Crippen LogP contribution in [0.1, 0.15) is 53.1 Å². The summed E-state index contributed by atoms with van der Waals surface area (Å²) < 4.78 is 5.26. The Morgan fingerprint density at radius 3 is 2.71 bits per heavy atom. The average Bonchev–Trinajstić information content (AvgIpc) is 3.01. The number of nitrogens with one attached hydrogen (secondary N) is 1. The zero-order valence-electron chi connectivity index (χ0n) is 15.9. The third kappa shape index (κ3) is 4.70. The van der Waals surface area contributed by atoms with Crippen molar-refractivity contribution in [1.82, 2.24) is 0 Å². The SMILES string of the molecule is CCOC(=O)c1c(NC(=O)Cc2ccc(Cl)c(Cl)c2)sc2c1CC[C@H](CC)C2. The summed E-state index contributed by atoms with van der Waals surface area (Å²) >= 11 is 13.5. The maximum absolute atomic E-state index is 12.6. The van der Waals surface area contributed by atoms with Gasteiger partial charge in [-0.3, -0.25) is 4.79 Å². The topological polar surface area (TPSA) is 55.4 Å². The van der Waals surface area contributed by atoms with Crippen molar-refractivity contribution in [3.63, 3.8) is 0 Å². The zero-order chi connectivity index (χ0) is 20.3. The molecule has 0 saturated heterocycles. The lowest BCUT2D eigenvalue weighted by Crippen LogP contribution is -2.18. The van der Waals surface area contributed by atoms with Gasteiger partial charge in [-0.2, -0.15) is 0 Å². The highest BCUT2D eigenvalue weighted by atomic mass is 35.5. The molecule has 0 unspecified atom stereocenters. The number of esters is 1. The van der Waals surface area contributed by atoms with Crippen LogP contribution in [-0.2, 0) is 28.8 Å². The quantitative estimate of drug-likeness (QED) is 0.567. The molecular formula is C21H23Cl2NO3S. The second-order valence-corrected chi connectivity index (χ2v) is 8.84. The van der Waals surface area contributed by atoms with Gasteiger partial charge in [0.2, 0.25) is 5.91 Å². The summed E-state index contributed by atoms with van der Waals surface area (Å²) in [4.78, 5) is 26.4. The molecule has 7 heteroatoms. The van der Waals surface area contributed by atoms with E-state index in [0.29, 0.717) is 33.1 Å². The van der Waals surface area contributed by atoms with Crippen molar-refractivity contribution >= 4 is 51.4 Å². The highest BCUT2D eigenvalue weighted by Crippen LogP contribution is 2.41. The molecule has 1 aliphatic rings. The first-order chi connectivity index (χ1) is 13.4. The summed E-state index contributed by atoms with van der Waals surface area (Å²) in [6, 6.07) is 5.12. The van der Waals surface area contributed by atoms with Crippen LogP contribution in [0.5, 0.6) is 0 Å². The number of thiophene rings is 1. The van der Waals surface area contributed by atoms with Crippen molar-refractivity contribution in [2.75, 3.05) is 11.9 Å². The normalized spacial score (nSPS) is 15.8. The molecule has 1 aromatic heterocycles. The molecule has 1 aromatic carbocycles. The Kier molecular flexibility index (Phi) is 7.02. The predicted octanol–water partition coefficient (Wildman–Crippen LogP) is 5.93. The second kappa shape index (κ2) is 9.29. The maximum atomic E-state index is 12.6. The van der Waals surface area contributed by atoms with E-state index in [4.69, 9.17) is 27.9 Å². The highest BCUT2D eigenvalue weighted by molar-refractivity contribution is 7.17. The standard InChI is InChI=1S/C21H23Cl2NO3S/c1-3-12-5-7-14-17(10-12)28-20(19(14)21(26)27-4-2)24-18(25)11-13-6-8-15(22)16(23)9-13/h6,8-9,12H,3-5,7,10-11H2,1-2H3,(H,24,25)/t12-/m0/s1. The molecular weight excluding hydrogens is 417 g/mol. The minimum absolute atomic E-state index is 0.152. The van der Waals surface area contributed by atoms with Gasteiger partial charge in [0.15, 0.2) is 0 Å². The van der Waals surface area contributed by atoms with Crippen molar-refractivity contribution in [3.8, 4) is 0 Å². The number of benzene rings is 1. The van der Waals surface area contributed by atoms with Crippen LogP contribution in [-0.4, -0.2) is 18.5 Å². The number of ether oxygens (including phenoxy) is 1. The van der Waals surface area contributed by atoms with Gasteiger partial charge in [0.25, 0.3) is 0 Å². The van der Waals surface area contributed by atoms with Gasteiger partial charge in [-0.25, -0.2) is 4.79 Å². The number of fused-ring (bicyclic) bond motifs is 1. The number of amides is 1. The molecule has 2 aromatic rings. The first kappa shape index (κ1) is 21.2. The molecule has 0 bridgehead atoms. The second-order valence-electron chi connectivity index (χ2n) is 6.92. The lowest BCUT2D eigenvalue weighted by atomic mass is 9.85. The van der Waals surface area contributed by atoms with Crippen LogP contribution < -0.4 is 5.32 Å². The third-order valence-electron chi connectivity index (χ3n) is 5.03. The van der Waals surface area contributed by atoms with Gasteiger partial charge in [0.1, 0.15) is 5.00 Å². The van der Waals surface area contributed by atoms with Crippen LogP contribution in [0.15, 0.2) is 18.2 Å². The summed E-state index contributed by atoms with van der Waals surface area (Å²) in [6.07, 6.45) is 4.13. The van der Waals surface area contributed by atoms with Crippen LogP contribution in [0.25, 0.3) is 0 Å². The van der Waals surface area contributed by atoms with Gasteiger partial charge in [-0.15, -0.1) is 11.3 Å². The summed E-state index contributed by atoms with van der Waals surface area (Å²) in [5.41, 5.74) is 2.33. The van der Waals surface area contributed by atoms with Gasteiger partial charge in [0.05, 0.1) is 28.6 Å². The number of halogens is 2. The van der Waals surface area contributed by atoms with Crippen molar-refractivity contribution < 1.29 is 14.3 Å². The van der Waals surface area contributed by atoms with Crippen LogP contribution in [0.3, 0.4) is 0 Å². The lowest BCUT2D eigenvalue weighted by Gasteiger charge is -2.20. The van der Waals surface area contributed by atoms with Gasteiger partial charge in [-0.05, 0) is 55.4 Å². The molecule has 1 aliphatic carbocycles. The molecule has 1 heterocycles. The molecule has 0 radical (unpaired) electrons. The summed E-state index contributed by atoms with van der Waals surface area (Å²) in [5, 5.41) is 4.38. The number of hydrogen-bond donors (Lipinski definition) is 1. The van der Waals surface area contributed by atoms with Gasteiger partial charge in [0, 0.05) is 4.88 Å². The molecule has 4 nitrogen and oxygen atoms in total.